The van der Waals surface area contributed by atoms with E-state index in [9.17, 15) is 0 Å². The summed E-state index contributed by atoms with van der Waals surface area (Å²) in [5.74, 6) is 0. The molecule has 5 rings (SSSR count). The topological polar surface area (TPSA) is 25.8 Å². The Balaban J connectivity index is 1.98. The Bertz CT molecular complexity index is 1050. The highest BCUT2D eigenvalue weighted by atomic mass is 79.9. The third-order valence-electron chi connectivity index (χ3n) is 4.04. The highest BCUT2D eigenvalue weighted by Crippen LogP contribution is 2.45. The number of nitrogens with zero attached hydrogens (tertiary/aromatic N) is 2. The minimum absolute atomic E-state index is 0.924. The number of halogens is 1. The Morgan fingerprint density at radius 2 is 1.38 bits per heavy atom. The van der Waals surface area contributed by atoms with E-state index in [-0.39, 0.29) is 0 Å². The van der Waals surface area contributed by atoms with E-state index in [0.29, 0.717) is 0 Å². The summed E-state index contributed by atoms with van der Waals surface area (Å²) in [7, 11) is 0. The van der Waals surface area contributed by atoms with Crippen LogP contribution >= 0.6 is 15.9 Å². The van der Waals surface area contributed by atoms with Gasteiger partial charge in [-0.05, 0) is 23.6 Å². The SMILES string of the molecule is Brc1ccc2nc3c(nc2c1)-c1cccc2cccc-3c12. The molecule has 0 aliphatic heterocycles. The summed E-state index contributed by atoms with van der Waals surface area (Å²) in [4.78, 5) is 9.72. The van der Waals surface area contributed by atoms with E-state index in [1.165, 1.54) is 21.9 Å². The Hall–Kier alpha value is -2.26. The standard InChI is InChI=1S/C18H9BrN2/c19-11-7-8-14-15(9-11)21-18-13-6-2-4-10-3-1-5-12(16(10)13)17(18)20-14/h1-9H. The van der Waals surface area contributed by atoms with Gasteiger partial charge >= 0.3 is 0 Å². The van der Waals surface area contributed by atoms with Crippen molar-refractivity contribution in [2.45, 2.75) is 0 Å². The molecule has 98 valence electrons. The summed E-state index contributed by atoms with van der Waals surface area (Å²) in [6.07, 6.45) is 0. The lowest BCUT2D eigenvalue weighted by atomic mass is 10.0. The first-order valence-corrected chi connectivity index (χ1v) is 7.60. The van der Waals surface area contributed by atoms with Crippen molar-refractivity contribution in [3.05, 3.63) is 59.1 Å². The first-order valence-electron chi connectivity index (χ1n) is 6.81. The fourth-order valence-electron chi connectivity index (χ4n) is 3.14. The van der Waals surface area contributed by atoms with Gasteiger partial charge in [-0.3, -0.25) is 0 Å². The minimum Gasteiger partial charge on any atom is -0.244 e. The van der Waals surface area contributed by atoms with Crippen LogP contribution in [0.5, 0.6) is 0 Å². The quantitative estimate of drug-likeness (QED) is 0.390. The summed E-state index contributed by atoms with van der Waals surface area (Å²) >= 11 is 3.50. The van der Waals surface area contributed by atoms with Crippen molar-refractivity contribution < 1.29 is 0 Å². The number of rotatable bonds is 0. The Labute approximate surface area is 129 Å². The predicted octanol–water partition coefficient (Wildman–Crippen LogP) is 5.19. The predicted molar refractivity (Wildman–Crippen MR) is 89.2 cm³/mol. The largest absolute Gasteiger partial charge is 0.244 e. The zero-order chi connectivity index (χ0) is 14.0. The molecule has 2 nitrogen and oxygen atoms in total. The first kappa shape index (κ1) is 11.4. The van der Waals surface area contributed by atoms with E-state index in [2.05, 4.69) is 52.3 Å². The lowest BCUT2D eigenvalue weighted by Gasteiger charge is -2.03. The molecule has 1 aliphatic rings. The average molecular weight is 333 g/mol. The van der Waals surface area contributed by atoms with E-state index in [1.54, 1.807) is 0 Å². The van der Waals surface area contributed by atoms with Gasteiger partial charge in [0.2, 0.25) is 0 Å². The van der Waals surface area contributed by atoms with Gasteiger partial charge in [-0.2, -0.15) is 0 Å². The maximum Gasteiger partial charge on any atom is 0.0979 e. The number of fused-ring (bicyclic) bond motifs is 4. The van der Waals surface area contributed by atoms with E-state index in [0.717, 1.165) is 26.9 Å². The van der Waals surface area contributed by atoms with Crippen molar-refractivity contribution in [1.29, 1.82) is 0 Å². The summed E-state index contributed by atoms with van der Waals surface area (Å²) in [5, 5.41) is 2.51. The lowest BCUT2D eigenvalue weighted by molar-refractivity contribution is 1.31. The van der Waals surface area contributed by atoms with Gasteiger partial charge in [0.25, 0.3) is 0 Å². The van der Waals surface area contributed by atoms with Crippen LogP contribution < -0.4 is 0 Å². The fourth-order valence-corrected chi connectivity index (χ4v) is 3.49. The monoisotopic (exact) mass is 332 g/mol. The molecule has 0 radical (unpaired) electrons. The van der Waals surface area contributed by atoms with Crippen LogP contribution in [0.15, 0.2) is 59.1 Å². The van der Waals surface area contributed by atoms with Crippen molar-refractivity contribution in [3.63, 3.8) is 0 Å². The zero-order valence-electron chi connectivity index (χ0n) is 11.0. The Morgan fingerprint density at radius 3 is 2.10 bits per heavy atom. The molecule has 1 aliphatic carbocycles. The molecule has 0 saturated heterocycles. The molecule has 0 amide bonds. The van der Waals surface area contributed by atoms with Crippen LogP contribution in [0, 0.1) is 0 Å². The van der Waals surface area contributed by atoms with Gasteiger partial charge in [-0.25, -0.2) is 9.97 Å². The van der Waals surface area contributed by atoms with Crippen LogP contribution in [0.25, 0.3) is 44.3 Å². The van der Waals surface area contributed by atoms with Crippen molar-refractivity contribution in [1.82, 2.24) is 9.97 Å². The van der Waals surface area contributed by atoms with Gasteiger partial charge in [0, 0.05) is 21.0 Å². The van der Waals surface area contributed by atoms with Gasteiger partial charge in [0.15, 0.2) is 0 Å². The van der Waals surface area contributed by atoms with Crippen LogP contribution in [-0.4, -0.2) is 9.97 Å². The van der Waals surface area contributed by atoms with Gasteiger partial charge in [-0.15, -0.1) is 0 Å². The summed E-state index contributed by atoms with van der Waals surface area (Å²) in [6, 6.07) is 18.8. The molecule has 0 bridgehead atoms. The third kappa shape index (κ3) is 1.47. The molecule has 0 atom stereocenters. The maximum absolute atomic E-state index is 4.86. The molecule has 0 unspecified atom stereocenters. The van der Waals surface area contributed by atoms with Crippen LogP contribution in [-0.2, 0) is 0 Å². The van der Waals surface area contributed by atoms with Crippen molar-refractivity contribution in [3.8, 4) is 22.5 Å². The van der Waals surface area contributed by atoms with E-state index in [4.69, 9.17) is 9.97 Å². The third-order valence-corrected chi connectivity index (χ3v) is 4.53. The van der Waals surface area contributed by atoms with Gasteiger partial charge < -0.3 is 0 Å². The van der Waals surface area contributed by atoms with Crippen LogP contribution in [0.3, 0.4) is 0 Å². The smallest absolute Gasteiger partial charge is 0.0979 e. The van der Waals surface area contributed by atoms with Gasteiger partial charge in [0.1, 0.15) is 0 Å². The molecule has 4 aromatic rings. The van der Waals surface area contributed by atoms with E-state index in [1.807, 2.05) is 18.2 Å². The number of hydrogen-bond acceptors (Lipinski definition) is 2. The summed E-state index contributed by atoms with van der Waals surface area (Å²) in [5.41, 5.74) is 6.22. The minimum atomic E-state index is 0.924. The highest BCUT2D eigenvalue weighted by molar-refractivity contribution is 9.10. The molecule has 1 heterocycles. The number of hydrogen-bond donors (Lipinski definition) is 0. The maximum atomic E-state index is 4.86. The van der Waals surface area contributed by atoms with E-state index < -0.39 is 0 Å². The normalized spacial score (nSPS) is 12.0. The fraction of sp³-hybridized carbons (Fsp3) is 0. The van der Waals surface area contributed by atoms with Crippen LogP contribution in [0.1, 0.15) is 0 Å². The highest BCUT2D eigenvalue weighted by Gasteiger charge is 2.24. The molecule has 0 N–H and O–H groups in total. The second-order valence-corrected chi connectivity index (χ2v) is 6.18. The molecule has 0 spiro atoms. The molecule has 0 fully saturated rings. The van der Waals surface area contributed by atoms with Crippen molar-refractivity contribution in [2.24, 2.45) is 0 Å². The molecule has 3 heteroatoms. The summed E-state index contributed by atoms with van der Waals surface area (Å²) < 4.78 is 1.03. The van der Waals surface area contributed by atoms with Crippen LogP contribution in [0.4, 0.5) is 0 Å². The average Bonchev–Trinajstić information content (AvgIpc) is 2.82. The van der Waals surface area contributed by atoms with Crippen molar-refractivity contribution >= 4 is 37.7 Å². The molecule has 0 saturated carbocycles. The number of aromatic nitrogens is 2. The van der Waals surface area contributed by atoms with Crippen molar-refractivity contribution in [2.75, 3.05) is 0 Å². The molecular weight excluding hydrogens is 324 g/mol. The molecule has 1 aromatic heterocycles. The second-order valence-electron chi connectivity index (χ2n) is 5.26. The number of benzene rings is 3. The lowest BCUT2D eigenvalue weighted by Crippen LogP contribution is -1.90. The molecule has 3 aromatic carbocycles. The Morgan fingerprint density at radius 1 is 0.714 bits per heavy atom. The van der Waals surface area contributed by atoms with E-state index >= 15 is 0 Å². The second kappa shape index (κ2) is 3.89. The molecule has 21 heavy (non-hydrogen) atoms. The summed E-state index contributed by atoms with van der Waals surface area (Å²) in [6.45, 7) is 0. The zero-order valence-corrected chi connectivity index (χ0v) is 12.6. The van der Waals surface area contributed by atoms with Gasteiger partial charge in [-0.1, -0.05) is 52.3 Å². The Kier molecular flexibility index (Phi) is 2.11. The van der Waals surface area contributed by atoms with Crippen LogP contribution in [0.2, 0.25) is 0 Å². The first-order chi connectivity index (χ1) is 10.3. The molecular formula is C18H9BrN2. The van der Waals surface area contributed by atoms with Gasteiger partial charge in [0.05, 0.1) is 22.4 Å².